The van der Waals surface area contributed by atoms with Gasteiger partial charge in [0, 0.05) is 31.1 Å². The van der Waals surface area contributed by atoms with Gasteiger partial charge in [-0.05, 0) is 42.7 Å². The van der Waals surface area contributed by atoms with Crippen molar-refractivity contribution in [1.29, 1.82) is 5.26 Å². The van der Waals surface area contributed by atoms with Crippen LogP contribution in [-0.4, -0.2) is 43.4 Å². The van der Waals surface area contributed by atoms with Crippen LogP contribution in [-0.2, 0) is 19.6 Å². The molecule has 1 atom stereocenters. The van der Waals surface area contributed by atoms with Crippen LogP contribution in [0.3, 0.4) is 0 Å². The average Bonchev–Trinajstić information content (AvgIpc) is 2.88. The molecule has 4 rings (SSSR count). The maximum Gasteiger partial charge on any atom is 0.243 e. The van der Waals surface area contributed by atoms with Crippen molar-refractivity contribution in [3.05, 3.63) is 70.5 Å². The summed E-state index contributed by atoms with van der Waals surface area (Å²) >= 11 is 0.962. The van der Waals surface area contributed by atoms with E-state index in [0.717, 1.165) is 31.0 Å². The van der Waals surface area contributed by atoms with Crippen LogP contribution in [0.15, 0.2) is 64.0 Å². The lowest BCUT2D eigenvalue weighted by atomic mass is 9.87. The highest BCUT2D eigenvalue weighted by Gasteiger charge is 2.31. The van der Waals surface area contributed by atoms with Crippen molar-refractivity contribution in [1.82, 2.24) is 9.62 Å². The molecule has 11 heteroatoms. The van der Waals surface area contributed by atoms with E-state index in [9.17, 15) is 27.7 Å². The summed E-state index contributed by atoms with van der Waals surface area (Å²) in [6.45, 7) is 0.955. The molecule has 36 heavy (non-hydrogen) atoms. The number of carbonyl (C=O) groups excluding carboxylic acids is 2. The van der Waals surface area contributed by atoms with Gasteiger partial charge in [-0.3, -0.25) is 9.59 Å². The average molecular weight is 529 g/mol. The molecule has 0 aromatic heterocycles. The van der Waals surface area contributed by atoms with Crippen LogP contribution in [0.2, 0.25) is 0 Å². The zero-order chi connectivity index (χ0) is 25.7. The first-order valence-corrected chi connectivity index (χ1v) is 13.9. The molecule has 2 aromatic rings. The van der Waals surface area contributed by atoms with Gasteiger partial charge in [0.15, 0.2) is 0 Å². The highest BCUT2D eigenvalue weighted by atomic mass is 32.2. The number of rotatable bonds is 7. The fraction of sp³-hybridized carbons (Fsp3) is 0.320. The summed E-state index contributed by atoms with van der Waals surface area (Å²) in [7, 11) is -3.65. The molecule has 2 N–H and O–H groups in total. The molecule has 2 aliphatic heterocycles. The van der Waals surface area contributed by atoms with Gasteiger partial charge in [0.25, 0.3) is 0 Å². The maximum atomic E-state index is 14.3. The van der Waals surface area contributed by atoms with Crippen LogP contribution in [0.5, 0.6) is 0 Å². The van der Waals surface area contributed by atoms with Gasteiger partial charge in [-0.1, -0.05) is 42.4 Å². The second-order valence-corrected chi connectivity index (χ2v) is 11.4. The van der Waals surface area contributed by atoms with E-state index in [2.05, 4.69) is 16.7 Å². The summed E-state index contributed by atoms with van der Waals surface area (Å²) in [5.41, 5.74) is 0.760. The SMILES string of the molecule is N#CC1=C(SCC(=O)Nc2cccc(S(=O)(=O)N3CCCCC3)c2)NC(=O)CC1c1ccccc1F. The van der Waals surface area contributed by atoms with E-state index < -0.39 is 27.7 Å². The number of amides is 2. The summed E-state index contributed by atoms with van der Waals surface area (Å²) in [5.74, 6) is -2.22. The van der Waals surface area contributed by atoms with Gasteiger partial charge >= 0.3 is 0 Å². The second kappa shape index (κ2) is 11.2. The first kappa shape index (κ1) is 25.9. The molecule has 0 bridgehead atoms. The molecule has 2 heterocycles. The lowest BCUT2D eigenvalue weighted by Crippen LogP contribution is -2.35. The number of hydrogen-bond acceptors (Lipinski definition) is 6. The van der Waals surface area contributed by atoms with Crippen molar-refractivity contribution in [2.75, 3.05) is 24.2 Å². The van der Waals surface area contributed by atoms with Gasteiger partial charge in [-0.2, -0.15) is 9.57 Å². The highest BCUT2D eigenvalue weighted by molar-refractivity contribution is 8.03. The Kier molecular flexibility index (Phi) is 8.08. The summed E-state index contributed by atoms with van der Waals surface area (Å²) in [6, 6.07) is 14.1. The van der Waals surface area contributed by atoms with E-state index in [4.69, 9.17) is 0 Å². The number of allylic oxidation sites excluding steroid dienone is 1. The number of anilines is 1. The van der Waals surface area contributed by atoms with Gasteiger partial charge in [0.2, 0.25) is 21.8 Å². The number of hydrogen-bond donors (Lipinski definition) is 2. The minimum Gasteiger partial charge on any atom is -0.325 e. The molecule has 8 nitrogen and oxygen atoms in total. The van der Waals surface area contributed by atoms with Crippen molar-refractivity contribution in [3.63, 3.8) is 0 Å². The molecule has 2 aliphatic rings. The fourth-order valence-electron chi connectivity index (χ4n) is 4.28. The van der Waals surface area contributed by atoms with Crippen molar-refractivity contribution in [3.8, 4) is 6.07 Å². The van der Waals surface area contributed by atoms with Gasteiger partial charge in [-0.25, -0.2) is 12.8 Å². The fourth-order valence-corrected chi connectivity index (χ4v) is 6.72. The van der Waals surface area contributed by atoms with Crippen LogP contribution in [0.25, 0.3) is 0 Å². The van der Waals surface area contributed by atoms with E-state index in [-0.39, 0.29) is 39.1 Å². The predicted octanol–water partition coefficient (Wildman–Crippen LogP) is 3.71. The Morgan fingerprint density at radius 3 is 2.64 bits per heavy atom. The molecule has 2 amide bonds. The number of sulfonamides is 1. The molecule has 2 aromatic carbocycles. The summed E-state index contributed by atoms with van der Waals surface area (Å²) in [5, 5.41) is 15.2. The van der Waals surface area contributed by atoms with Crippen molar-refractivity contribution in [2.45, 2.75) is 36.5 Å². The van der Waals surface area contributed by atoms with Crippen molar-refractivity contribution in [2.24, 2.45) is 0 Å². The Morgan fingerprint density at radius 2 is 1.92 bits per heavy atom. The molecule has 0 radical (unpaired) electrons. The van der Waals surface area contributed by atoms with Crippen LogP contribution >= 0.6 is 11.8 Å². The van der Waals surface area contributed by atoms with Crippen molar-refractivity contribution < 1.29 is 22.4 Å². The summed E-state index contributed by atoms with van der Waals surface area (Å²) in [4.78, 5) is 25.0. The molecule has 0 saturated carbocycles. The lowest BCUT2D eigenvalue weighted by Gasteiger charge is -2.26. The van der Waals surface area contributed by atoms with E-state index in [1.807, 2.05) is 0 Å². The molecular formula is C25H25FN4O4S2. The second-order valence-electron chi connectivity index (χ2n) is 8.51. The summed E-state index contributed by atoms with van der Waals surface area (Å²) < 4.78 is 41.7. The minimum atomic E-state index is -3.65. The first-order valence-electron chi connectivity index (χ1n) is 11.5. The van der Waals surface area contributed by atoms with E-state index in [0.29, 0.717) is 18.8 Å². The normalized spacial score (nSPS) is 18.9. The van der Waals surface area contributed by atoms with Gasteiger partial charge in [0.1, 0.15) is 5.82 Å². The number of carbonyl (C=O) groups is 2. The molecule has 0 aliphatic carbocycles. The Morgan fingerprint density at radius 1 is 1.17 bits per heavy atom. The van der Waals surface area contributed by atoms with Crippen LogP contribution < -0.4 is 10.6 Å². The molecule has 1 saturated heterocycles. The van der Waals surface area contributed by atoms with Crippen LogP contribution in [0.4, 0.5) is 10.1 Å². The zero-order valence-electron chi connectivity index (χ0n) is 19.4. The smallest absolute Gasteiger partial charge is 0.243 e. The Balaban J connectivity index is 1.46. The largest absolute Gasteiger partial charge is 0.325 e. The van der Waals surface area contributed by atoms with Gasteiger partial charge in [0.05, 0.1) is 27.3 Å². The number of benzene rings is 2. The quantitative estimate of drug-likeness (QED) is 0.566. The number of halogens is 1. The lowest BCUT2D eigenvalue weighted by molar-refractivity contribution is -0.121. The van der Waals surface area contributed by atoms with Crippen LogP contribution in [0, 0.1) is 17.1 Å². The molecular weight excluding hydrogens is 503 g/mol. The zero-order valence-corrected chi connectivity index (χ0v) is 21.0. The highest BCUT2D eigenvalue weighted by Crippen LogP contribution is 2.37. The van der Waals surface area contributed by atoms with Crippen molar-refractivity contribution >= 4 is 39.3 Å². The minimum absolute atomic E-state index is 0.0711. The molecule has 1 unspecified atom stereocenters. The Hall–Kier alpha value is -3.20. The van der Waals surface area contributed by atoms with E-state index in [1.165, 1.54) is 34.6 Å². The number of piperidine rings is 1. The molecule has 0 spiro atoms. The Bertz CT molecular complexity index is 1350. The third-order valence-corrected chi connectivity index (χ3v) is 8.97. The third-order valence-electron chi connectivity index (χ3n) is 6.05. The number of nitrogens with one attached hydrogen (secondary N) is 2. The maximum absolute atomic E-state index is 14.3. The predicted molar refractivity (Wildman–Crippen MR) is 135 cm³/mol. The van der Waals surface area contributed by atoms with E-state index >= 15 is 0 Å². The van der Waals surface area contributed by atoms with Crippen LogP contribution in [0.1, 0.15) is 37.2 Å². The molecule has 1 fully saturated rings. The summed E-state index contributed by atoms with van der Waals surface area (Å²) in [6.07, 6.45) is 2.58. The number of nitrogens with zero attached hydrogens (tertiary/aromatic N) is 2. The topological polar surface area (TPSA) is 119 Å². The first-order chi connectivity index (χ1) is 17.3. The monoisotopic (exact) mass is 528 g/mol. The van der Waals surface area contributed by atoms with E-state index in [1.54, 1.807) is 18.2 Å². The standard InChI is InChI=1S/C25H25FN4O4S2/c26-22-10-3-2-9-19(22)20-14-23(31)29-25(21(20)15-27)35-16-24(32)28-17-7-6-8-18(13-17)36(33,34)30-11-4-1-5-12-30/h2-3,6-10,13,20H,1,4-5,11-12,14,16H2,(H,28,32)(H,29,31). The Labute approximate surface area is 213 Å². The molecule has 188 valence electrons. The van der Waals surface area contributed by atoms with Gasteiger partial charge < -0.3 is 10.6 Å². The third kappa shape index (κ3) is 5.78. The number of nitriles is 1. The number of thioether (sulfide) groups is 1. The van der Waals surface area contributed by atoms with Gasteiger partial charge in [-0.15, -0.1) is 0 Å².